The standard InChI is InChI=1S/C28H31F3N4S/c1-2-25-32-26(24-13-23(14-28(29,30)31)36-27(24)33-25)35-11-9-21-15-34(16-22(21)17-35)10-8-18-6-7-19-4-3-5-20(19)12-18/h3,5-7,12-13,21-22H,2,4,8-11,14-17H2,1H3. The summed E-state index contributed by atoms with van der Waals surface area (Å²) in [6, 6.07) is 8.55. The maximum absolute atomic E-state index is 13.0. The van der Waals surface area contributed by atoms with Gasteiger partial charge in [-0.25, -0.2) is 9.97 Å². The Kier molecular flexibility index (Phi) is 6.28. The number of piperidine rings is 1. The molecule has 2 aliphatic heterocycles. The van der Waals surface area contributed by atoms with E-state index in [0.717, 1.165) is 74.5 Å². The van der Waals surface area contributed by atoms with Crippen molar-refractivity contribution in [2.45, 2.75) is 45.2 Å². The number of anilines is 1. The summed E-state index contributed by atoms with van der Waals surface area (Å²) >= 11 is 1.15. The van der Waals surface area contributed by atoms with E-state index in [-0.39, 0.29) is 0 Å². The molecule has 190 valence electrons. The molecule has 3 aliphatic rings. The smallest absolute Gasteiger partial charge is 0.356 e. The second-order valence-corrected chi connectivity index (χ2v) is 11.6. The van der Waals surface area contributed by atoms with Crippen LogP contribution in [0.2, 0.25) is 0 Å². The van der Waals surface area contributed by atoms with Gasteiger partial charge in [-0.15, -0.1) is 11.3 Å². The largest absolute Gasteiger partial charge is 0.393 e. The molecular formula is C28H31F3N4S. The van der Waals surface area contributed by atoms with Crippen LogP contribution in [-0.4, -0.2) is 53.8 Å². The molecular weight excluding hydrogens is 481 g/mol. The Morgan fingerprint density at radius 3 is 2.78 bits per heavy atom. The van der Waals surface area contributed by atoms with Crippen molar-refractivity contribution in [1.82, 2.24) is 14.9 Å². The average Bonchev–Trinajstić information content (AvgIpc) is 3.57. The van der Waals surface area contributed by atoms with Gasteiger partial charge in [0.05, 0.1) is 11.8 Å². The van der Waals surface area contributed by atoms with Crippen molar-refractivity contribution in [2.24, 2.45) is 11.8 Å². The second-order valence-electron chi connectivity index (χ2n) is 10.4. The molecule has 2 atom stereocenters. The third-order valence-electron chi connectivity index (χ3n) is 7.90. The fourth-order valence-corrected chi connectivity index (χ4v) is 7.14. The first-order chi connectivity index (χ1) is 17.3. The zero-order chi connectivity index (χ0) is 24.9. The van der Waals surface area contributed by atoms with E-state index in [9.17, 15) is 13.2 Å². The quantitative estimate of drug-likeness (QED) is 0.410. The number of halogens is 3. The van der Waals surface area contributed by atoms with Gasteiger partial charge < -0.3 is 9.80 Å². The van der Waals surface area contributed by atoms with Gasteiger partial charge >= 0.3 is 6.18 Å². The molecule has 3 aromatic rings. The number of hydrogen-bond donors (Lipinski definition) is 0. The zero-order valence-electron chi connectivity index (χ0n) is 20.5. The van der Waals surface area contributed by atoms with Crippen molar-refractivity contribution >= 4 is 33.4 Å². The number of allylic oxidation sites excluding steroid dienone is 1. The summed E-state index contributed by atoms with van der Waals surface area (Å²) in [7, 11) is 0. The van der Waals surface area contributed by atoms with Crippen molar-refractivity contribution in [3.63, 3.8) is 0 Å². The van der Waals surface area contributed by atoms with Crippen molar-refractivity contribution in [2.75, 3.05) is 37.6 Å². The number of fused-ring (bicyclic) bond motifs is 3. The minimum atomic E-state index is -4.22. The van der Waals surface area contributed by atoms with Crippen molar-refractivity contribution in [3.05, 3.63) is 57.7 Å². The predicted molar refractivity (Wildman–Crippen MR) is 140 cm³/mol. The van der Waals surface area contributed by atoms with Gasteiger partial charge in [0, 0.05) is 44.0 Å². The summed E-state index contributed by atoms with van der Waals surface area (Å²) in [6.07, 6.45) is 3.21. The molecule has 2 saturated heterocycles. The van der Waals surface area contributed by atoms with E-state index in [1.165, 1.54) is 16.7 Å². The van der Waals surface area contributed by atoms with E-state index in [1.54, 1.807) is 6.07 Å². The number of alkyl halides is 3. The van der Waals surface area contributed by atoms with Crippen LogP contribution in [0.3, 0.4) is 0 Å². The molecule has 0 amide bonds. The minimum Gasteiger partial charge on any atom is -0.356 e. The van der Waals surface area contributed by atoms with Crippen molar-refractivity contribution < 1.29 is 13.2 Å². The predicted octanol–water partition coefficient (Wildman–Crippen LogP) is 5.93. The molecule has 8 heteroatoms. The molecule has 4 heterocycles. The third kappa shape index (κ3) is 4.90. The fraction of sp³-hybridized carbons (Fsp3) is 0.500. The highest BCUT2D eigenvalue weighted by Gasteiger charge is 2.38. The first kappa shape index (κ1) is 23.9. The first-order valence-corrected chi connectivity index (χ1v) is 13.8. The highest BCUT2D eigenvalue weighted by atomic mass is 32.1. The molecule has 2 aromatic heterocycles. The SMILES string of the molecule is CCc1nc(N2CCC3CN(CCc4ccc5c(c4)C=CC5)CC3C2)c2cc(CC(F)(F)F)sc2n1. The van der Waals surface area contributed by atoms with Gasteiger partial charge in [-0.3, -0.25) is 0 Å². The van der Waals surface area contributed by atoms with E-state index >= 15 is 0 Å². The summed E-state index contributed by atoms with van der Waals surface area (Å²) in [5.74, 6) is 2.77. The van der Waals surface area contributed by atoms with E-state index in [2.05, 4.69) is 45.1 Å². The van der Waals surface area contributed by atoms with Gasteiger partial charge in [-0.05, 0) is 53.9 Å². The number of likely N-dealkylation sites (tertiary alicyclic amines) is 1. The topological polar surface area (TPSA) is 32.3 Å². The van der Waals surface area contributed by atoms with Gasteiger partial charge in [0.2, 0.25) is 0 Å². The van der Waals surface area contributed by atoms with E-state index < -0.39 is 12.6 Å². The van der Waals surface area contributed by atoms with E-state index in [0.29, 0.717) is 33.8 Å². The lowest BCUT2D eigenvalue weighted by Crippen LogP contribution is -2.40. The van der Waals surface area contributed by atoms with Crippen LogP contribution < -0.4 is 4.90 Å². The highest BCUT2D eigenvalue weighted by Crippen LogP contribution is 2.38. The number of aryl methyl sites for hydroxylation is 1. The maximum atomic E-state index is 13.0. The molecule has 0 bridgehead atoms. The van der Waals surface area contributed by atoms with Gasteiger partial charge in [0.25, 0.3) is 0 Å². The summed E-state index contributed by atoms with van der Waals surface area (Å²) < 4.78 is 39.1. The molecule has 36 heavy (non-hydrogen) atoms. The number of thiophene rings is 1. The number of rotatable bonds is 6. The van der Waals surface area contributed by atoms with Crippen LogP contribution in [0.25, 0.3) is 16.3 Å². The minimum absolute atomic E-state index is 0.310. The molecule has 2 unspecified atom stereocenters. The van der Waals surface area contributed by atoms with Gasteiger partial charge in [-0.1, -0.05) is 37.3 Å². The molecule has 1 aliphatic carbocycles. The first-order valence-electron chi connectivity index (χ1n) is 13.0. The second kappa shape index (κ2) is 9.45. The van der Waals surface area contributed by atoms with Crippen LogP contribution in [0.15, 0.2) is 30.3 Å². The Balaban J connectivity index is 1.15. The van der Waals surface area contributed by atoms with Crippen molar-refractivity contribution in [1.29, 1.82) is 0 Å². The molecule has 0 radical (unpaired) electrons. The summed E-state index contributed by atoms with van der Waals surface area (Å²) in [5, 5.41) is 0.774. The molecule has 0 saturated carbocycles. The molecule has 1 aromatic carbocycles. The Morgan fingerprint density at radius 2 is 1.94 bits per heavy atom. The van der Waals surface area contributed by atoms with Crippen LogP contribution in [0.5, 0.6) is 0 Å². The normalized spacial score (nSPS) is 21.9. The Bertz CT molecular complexity index is 1300. The Morgan fingerprint density at radius 1 is 1.08 bits per heavy atom. The molecule has 2 fully saturated rings. The lowest BCUT2D eigenvalue weighted by Gasteiger charge is -2.35. The Hall–Kier alpha value is -2.45. The third-order valence-corrected chi connectivity index (χ3v) is 8.93. The highest BCUT2D eigenvalue weighted by molar-refractivity contribution is 7.18. The van der Waals surface area contributed by atoms with Gasteiger partial charge in [0.1, 0.15) is 16.5 Å². The average molecular weight is 513 g/mol. The number of nitrogens with zero attached hydrogens (tertiary/aromatic N) is 4. The zero-order valence-corrected chi connectivity index (χ0v) is 21.3. The van der Waals surface area contributed by atoms with Crippen LogP contribution in [0.4, 0.5) is 19.0 Å². The van der Waals surface area contributed by atoms with Gasteiger partial charge in [-0.2, -0.15) is 13.2 Å². The number of benzene rings is 1. The van der Waals surface area contributed by atoms with Crippen LogP contribution in [0.1, 0.15) is 40.7 Å². The van der Waals surface area contributed by atoms with Crippen molar-refractivity contribution in [3.8, 4) is 0 Å². The molecule has 6 rings (SSSR count). The molecule has 0 spiro atoms. The Labute approximate surface area is 213 Å². The monoisotopic (exact) mass is 512 g/mol. The van der Waals surface area contributed by atoms with Crippen LogP contribution in [0, 0.1) is 11.8 Å². The number of hydrogen-bond acceptors (Lipinski definition) is 5. The number of aromatic nitrogens is 2. The summed E-state index contributed by atoms with van der Waals surface area (Å²) in [6.45, 7) is 7.07. The summed E-state index contributed by atoms with van der Waals surface area (Å²) in [5.41, 5.74) is 4.19. The summed E-state index contributed by atoms with van der Waals surface area (Å²) in [4.78, 5) is 15.3. The fourth-order valence-electron chi connectivity index (χ4n) is 6.06. The van der Waals surface area contributed by atoms with Crippen LogP contribution >= 0.6 is 11.3 Å². The van der Waals surface area contributed by atoms with E-state index in [4.69, 9.17) is 4.98 Å². The van der Waals surface area contributed by atoms with Crippen LogP contribution in [-0.2, 0) is 25.7 Å². The maximum Gasteiger partial charge on any atom is 0.393 e. The van der Waals surface area contributed by atoms with Gasteiger partial charge in [0.15, 0.2) is 0 Å². The lowest BCUT2D eigenvalue weighted by molar-refractivity contribution is -0.126. The molecule has 0 N–H and O–H groups in total. The lowest BCUT2D eigenvalue weighted by atomic mass is 9.88. The molecule has 4 nitrogen and oxygen atoms in total. The van der Waals surface area contributed by atoms with E-state index in [1.807, 2.05) is 6.92 Å².